The first kappa shape index (κ1) is 16.8. The van der Waals surface area contributed by atoms with Gasteiger partial charge in [-0.3, -0.25) is 0 Å². The highest BCUT2D eigenvalue weighted by Crippen LogP contribution is 2.08. The van der Waals surface area contributed by atoms with E-state index >= 15 is 0 Å². The van der Waals surface area contributed by atoms with E-state index in [9.17, 15) is 9.59 Å². The van der Waals surface area contributed by atoms with Crippen LogP contribution in [0.2, 0.25) is 0 Å². The first-order valence-corrected chi connectivity index (χ1v) is 6.28. The van der Waals surface area contributed by atoms with E-state index in [0.717, 1.165) is 0 Å². The molecule has 0 radical (unpaired) electrons. The van der Waals surface area contributed by atoms with E-state index < -0.39 is 23.7 Å². The van der Waals surface area contributed by atoms with Crippen LogP contribution in [-0.2, 0) is 14.3 Å². The van der Waals surface area contributed by atoms with Crippen LogP contribution in [0.1, 0.15) is 40.0 Å². The average molecular weight is 275 g/mol. The van der Waals surface area contributed by atoms with Crippen LogP contribution in [0.4, 0.5) is 4.79 Å². The molecule has 0 rings (SSSR count). The maximum Gasteiger partial charge on any atom is 0.408 e. The number of nitrogens with one attached hydrogen (secondary N) is 1. The summed E-state index contributed by atoms with van der Waals surface area (Å²) in [7, 11) is 1.28. The highest BCUT2D eigenvalue weighted by atomic mass is 32.1. The minimum Gasteiger partial charge on any atom is -0.467 e. The minimum absolute atomic E-state index is 0.471. The fourth-order valence-electron chi connectivity index (χ4n) is 1.25. The van der Waals surface area contributed by atoms with Crippen LogP contribution >= 0.6 is 12.2 Å². The quantitative estimate of drug-likeness (QED) is 0.457. The zero-order valence-corrected chi connectivity index (χ0v) is 12.1. The molecule has 0 saturated carbocycles. The number of thiocarbonyl (C=S) groups is 1. The van der Waals surface area contributed by atoms with Gasteiger partial charge in [-0.05, 0) is 45.4 Å². The molecule has 0 bridgehead atoms. The number of esters is 1. The maximum absolute atomic E-state index is 11.6. The van der Waals surface area contributed by atoms with E-state index in [1.807, 2.05) is 0 Å². The van der Waals surface area contributed by atoms with E-state index in [1.54, 1.807) is 26.1 Å². The normalized spacial score (nSPS) is 12.4. The van der Waals surface area contributed by atoms with E-state index in [2.05, 4.69) is 10.1 Å². The molecule has 104 valence electrons. The lowest BCUT2D eigenvalue weighted by Gasteiger charge is -2.22. The molecule has 18 heavy (non-hydrogen) atoms. The summed E-state index contributed by atoms with van der Waals surface area (Å²) < 4.78 is 9.71. The molecule has 0 aromatic carbocycles. The summed E-state index contributed by atoms with van der Waals surface area (Å²) in [4.78, 5) is 23.0. The Morgan fingerprint density at radius 1 is 1.39 bits per heavy atom. The van der Waals surface area contributed by atoms with Crippen molar-refractivity contribution in [2.75, 3.05) is 7.11 Å². The molecule has 1 atom stereocenters. The van der Waals surface area contributed by atoms with Gasteiger partial charge in [0, 0.05) is 0 Å². The minimum atomic E-state index is -0.695. The van der Waals surface area contributed by atoms with Crippen LogP contribution in [0.15, 0.2) is 0 Å². The first-order chi connectivity index (χ1) is 8.30. The van der Waals surface area contributed by atoms with Gasteiger partial charge in [0.1, 0.15) is 11.6 Å². The largest absolute Gasteiger partial charge is 0.467 e. The van der Waals surface area contributed by atoms with Gasteiger partial charge >= 0.3 is 12.1 Å². The number of rotatable bonds is 6. The fourth-order valence-corrected chi connectivity index (χ4v) is 1.41. The second-order valence-corrected chi connectivity index (χ2v) is 5.15. The molecule has 6 heteroatoms. The van der Waals surface area contributed by atoms with Crippen molar-refractivity contribution in [3.8, 4) is 0 Å². The summed E-state index contributed by atoms with van der Waals surface area (Å²) in [5.41, 5.74) is -0.598. The van der Waals surface area contributed by atoms with Gasteiger partial charge in [-0.15, -0.1) is 0 Å². The van der Waals surface area contributed by atoms with Crippen molar-refractivity contribution in [2.24, 2.45) is 0 Å². The second kappa shape index (κ2) is 8.02. The molecule has 1 unspecified atom stereocenters. The fraction of sp³-hybridized carbons (Fsp3) is 0.750. The molecule has 0 aliphatic carbocycles. The third-order valence-corrected chi connectivity index (χ3v) is 2.23. The summed E-state index contributed by atoms with van der Waals surface area (Å²) in [6.45, 7) is 5.27. The standard InChI is InChI=1S/C12H21NO4S/c1-12(2,3)17-11(15)13-9(10(14)16-4)7-5-6-8-18/h8-9H,5-7H2,1-4H3,(H,13,15). The lowest BCUT2D eigenvalue weighted by molar-refractivity contribution is -0.143. The number of methoxy groups -OCH3 is 1. The molecular weight excluding hydrogens is 254 g/mol. The summed E-state index contributed by atoms with van der Waals surface area (Å²) in [5.74, 6) is -0.481. The van der Waals surface area contributed by atoms with E-state index in [0.29, 0.717) is 19.3 Å². The number of alkyl carbamates (subject to hydrolysis) is 1. The van der Waals surface area contributed by atoms with Crippen molar-refractivity contribution < 1.29 is 19.1 Å². The number of amides is 1. The van der Waals surface area contributed by atoms with Gasteiger partial charge in [0.15, 0.2) is 0 Å². The molecule has 5 nitrogen and oxygen atoms in total. The van der Waals surface area contributed by atoms with Gasteiger partial charge in [0.2, 0.25) is 0 Å². The van der Waals surface area contributed by atoms with Crippen molar-refractivity contribution in [3.05, 3.63) is 0 Å². The van der Waals surface area contributed by atoms with Gasteiger partial charge in [0.05, 0.1) is 7.11 Å². The maximum atomic E-state index is 11.6. The van der Waals surface area contributed by atoms with Crippen molar-refractivity contribution in [1.29, 1.82) is 0 Å². The lowest BCUT2D eigenvalue weighted by atomic mass is 10.1. The second-order valence-electron chi connectivity index (χ2n) is 4.82. The Kier molecular flexibility index (Phi) is 7.50. The molecular formula is C12H21NO4S. The Bertz CT molecular complexity index is 299. The van der Waals surface area contributed by atoms with Gasteiger partial charge < -0.3 is 14.8 Å². The highest BCUT2D eigenvalue weighted by molar-refractivity contribution is 7.78. The van der Waals surface area contributed by atoms with Gasteiger partial charge in [0.25, 0.3) is 0 Å². The Hall–Kier alpha value is -1.17. The molecule has 1 amide bonds. The zero-order chi connectivity index (χ0) is 14.2. The first-order valence-electron chi connectivity index (χ1n) is 5.81. The highest BCUT2D eigenvalue weighted by Gasteiger charge is 2.24. The van der Waals surface area contributed by atoms with Gasteiger partial charge in [-0.2, -0.15) is 0 Å². The lowest BCUT2D eigenvalue weighted by Crippen LogP contribution is -2.44. The van der Waals surface area contributed by atoms with Crippen LogP contribution in [0.25, 0.3) is 0 Å². The Morgan fingerprint density at radius 3 is 2.44 bits per heavy atom. The third kappa shape index (κ3) is 8.00. The molecule has 0 heterocycles. The molecule has 0 saturated heterocycles. The molecule has 0 aliphatic rings. The van der Waals surface area contributed by atoms with Crippen LogP contribution in [0.3, 0.4) is 0 Å². The Morgan fingerprint density at radius 2 is 2.00 bits per heavy atom. The SMILES string of the molecule is COC(=O)C(CCCC=S)NC(=O)OC(C)(C)C. The number of unbranched alkanes of at least 4 members (excludes halogenated alkanes) is 1. The van der Waals surface area contributed by atoms with Crippen LogP contribution < -0.4 is 5.32 Å². The summed E-state index contributed by atoms with van der Waals surface area (Å²) in [6.07, 6.45) is 1.26. The molecule has 0 fully saturated rings. The number of carbonyl (C=O) groups excluding carboxylic acids is 2. The number of hydrogen-bond acceptors (Lipinski definition) is 5. The Labute approximate surface area is 113 Å². The summed E-state index contributed by atoms with van der Waals surface area (Å²) in [6, 6.07) is -0.695. The number of carbonyl (C=O) groups is 2. The summed E-state index contributed by atoms with van der Waals surface area (Å²) in [5, 5.41) is 4.10. The Balaban J connectivity index is 4.35. The molecule has 0 spiro atoms. The van der Waals surface area contributed by atoms with Crippen molar-refractivity contribution in [1.82, 2.24) is 5.32 Å². The molecule has 0 aromatic rings. The summed E-state index contributed by atoms with van der Waals surface area (Å²) >= 11 is 4.70. The van der Waals surface area contributed by atoms with Gasteiger partial charge in [-0.25, -0.2) is 9.59 Å². The van der Waals surface area contributed by atoms with Crippen molar-refractivity contribution in [3.63, 3.8) is 0 Å². The van der Waals surface area contributed by atoms with Crippen molar-refractivity contribution in [2.45, 2.75) is 51.7 Å². The van der Waals surface area contributed by atoms with E-state index in [4.69, 9.17) is 17.0 Å². The number of ether oxygens (including phenoxy) is 2. The smallest absolute Gasteiger partial charge is 0.408 e. The van der Waals surface area contributed by atoms with Crippen molar-refractivity contribution >= 4 is 29.6 Å². The van der Waals surface area contributed by atoms with E-state index in [-0.39, 0.29) is 0 Å². The van der Waals surface area contributed by atoms with Gasteiger partial charge in [-0.1, -0.05) is 12.2 Å². The third-order valence-electron chi connectivity index (χ3n) is 1.99. The van der Waals surface area contributed by atoms with E-state index in [1.165, 1.54) is 7.11 Å². The van der Waals surface area contributed by atoms with Crippen LogP contribution in [0, 0.1) is 0 Å². The molecule has 1 N–H and O–H groups in total. The monoisotopic (exact) mass is 275 g/mol. The topological polar surface area (TPSA) is 64.6 Å². The average Bonchev–Trinajstić information content (AvgIpc) is 2.24. The number of hydrogen-bond donors (Lipinski definition) is 1. The zero-order valence-electron chi connectivity index (χ0n) is 11.3. The molecule has 0 aliphatic heterocycles. The van der Waals surface area contributed by atoms with Crippen LogP contribution in [0.5, 0.6) is 0 Å². The molecule has 0 aromatic heterocycles. The predicted molar refractivity (Wildman–Crippen MR) is 72.7 cm³/mol. The predicted octanol–water partition coefficient (Wildman–Crippen LogP) is 2.22. The van der Waals surface area contributed by atoms with Crippen LogP contribution in [-0.4, -0.2) is 36.2 Å².